The lowest BCUT2D eigenvalue weighted by atomic mass is 9.87. The monoisotopic (exact) mass is 293 g/mol. The van der Waals surface area contributed by atoms with E-state index in [0.29, 0.717) is 11.3 Å². The second kappa shape index (κ2) is 7.36. The molecule has 0 aliphatic rings. The van der Waals surface area contributed by atoms with E-state index in [0.717, 1.165) is 0 Å². The van der Waals surface area contributed by atoms with E-state index in [-0.39, 0.29) is 17.6 Å². The molecule has 2 aromatic rings. The number of benzene rings is 2. The van der Waals surface area contributed by atoms with E-state index in [1.54, 1.807) is 37.3 Å². The Bertz CT molecular complexity index is 650. The molecule has 1 N–H and O–H groups in total. The summed E-state index contributed by atoms with van der Waals surface area (Å²) in [5.41, 5.74) is 1.36. The number of carbonyl (C=O) groups is 2. The first-order valence-electron chi connectivity index (χ1n) is 7.20. The summed E-state index contributed by atoms with van der Waals surface area (Å²) >= 11 is 0. The number of rotatable bonds is 6. The number of carbonyl (C=O) groups excluding carboxylic acids is 2. The Kier molecular flexibility index (Phi) is 5.26. The highest BCUT2D eigenvalue weighted by Crippen LogP contribution is 2.23. The van der Waals surface area contributed by atoms with Crippen LogP contribution in [0.15, 0.2) is 73.3 Å². The lowest BCUT2D eigenvalue weighted by molar-refractivity contribution is -0.129. The van der Waals surface area contributed by atoms with Crippen LogP contribution in [0.2, 0.25) is 0 Å². The Morgan fingerprint density at radius 2 is 1.55 bits per heavy atom. The van der Waals surface area contributed by atoms with Gasteiger partial charge in [-0.05, 0) is 17.7 Å². The number of Topliss-reactive ketones (excluding diaryl/α,β-unsaturated/α-hetero) is 1. The van der Waals surface area contributed by atoms with Gasteiger partial charge in [0.05, 0.1) is 0 Å². The summed E-state index contributed by atoms with van der Waals surface area (Å²) in [6.07, 6.45) is 1.56. The zero-order chi connectivity index (χ0) is 15.9. The zero-order valence-electron chi connectivity index (χ0n) is 12.5. The number of hydrogen-bond acceptors (Lipinski definition) is 2. The van der Waals surface area contributed by atoms with E-state index < -0.39 is 5.92 Å². The average molecular weight is 293 g/mol. The molecule has 2 rings (SSSR count). The predicted octanol–water partition coefficient (Wildman–Crippen LogP) is 3.80. The summed E-state index contributed by atoms with van der Waals surface area (Å²) in [6.45, 7) is 5.40. The van der Waals surface area contributed by atoms with Crippen molar-refractivity contribution in [1.82, 2.24) is 0 Å². The Morgan fingerprint density at radius 1 is 1.00 bits per heavy atom. The minimum Gasteiger partial charge on any atom is -0.325 e. The molecule has 0 aliphatic carbocycles. The first-order chi connectivity index (χ1) is 10.6. The van der Waals surface area contributed by atoms with Crippen molar-refractivity contribution in [2.24, 2.45) is 5.92 Å². The molecule has 0 radical (unpaired) electrons. The summed E-state index contributed by atoms with van der Waals surface area (Å²) in [5.74, 6) is -1.70. The topological polar surface area (TPSA) is 46.2 Å². The van der Waals surface area contributed by atoms with Gasteiger partial charge in [-0.2, -0.15) is 0 Å². The molecule has 3 heteroatoms. The van der Waals surface area contributed by atoms with Gasteiger partial charge in [0.1, 0.15) is 5.92 Å². The van der Waals surface area contributed by atoms with Gasteiger partial charge < -0.3 is 5.32 Å². The van der Waals surface area contributed by atoms with Gasteiger partial charge in [0.15, 0.2) is 5.78 Å². The minimum atomic E-state index is -0.839. The van der Waals surface area contributed by atoms with Crippen molar-refractivity contribution in [3.8, 4) is 0 Å². The molecule has 1 amide bonds. The van der Waals surface area contributed by atoms with Gasteiger partial charge in [-0.15, -0.1) is 6.58 Å². The Labute approximate surface area is 130 Å². The van der Waals surface area contributed by atoms with Crippen molar-refractivity contribution >= 4 is 17.4 Å². The maximum absolute atomic E-state index is 12.6. The lowest BCUT2D eigenvalue weighted by Gasteiger charge is -2.18. The van der Waals surface area contributed by atoms with Gasteiger partial charge in [-0.1, -0.05) is 61.5 Å². The summed E-state index contributed by atoms with van der Waals surface area (Å²) in [6, 6.07) is 18.2. The third kappa shape index (κ3) is 3.70. The van der Waals surface area contributed by atoms with E-state index in [1.165, 1.54) is 0 Å². The highest BCUT2D eigenvalue weighted by Gasteiger charge is 2.30. The van der Waals surface area contributed by atoms with Crippen molar-refractivity contribution in [2.45, 2.75) is 12.8 Å². The molecule has 2 aromatic carbocycles. The number of allylic oxidation sites excluding steroid dienone is 1. The molecule has 3 nitrogen and oxygen atoms in total. The molecule has 0 saturated heterocycles. The van der Waals surface area contributed by atoms with E-state index in [2.05, 4.69) is 11.9 Å². The van der Waals surface area contributed by atoms with Crippen LogP contribution in [0.1, 0.15) is 18.4 Å². The molecule has 0 bridgehead atoms. The minimum absolute atomic E-state index is 0.158. The number of hydrogen-bond donors (Lipinski definition) is 1. The van der Waals surface area contributed by atoms with Crippen LogP contribution in [0.3, 0.4) is 0 Å². The molecule has 0 fully saturated rings. The Morgan fingerprint density at radius 3 is 2.09 bits per heavy atom. The van der Waals surface area contributed by atoms with Crippen LogP contribution in [-0.2, 0) is 9.59 Å². The third-order valence-electron chi connectivity index (χ3n) is 3.52. The number of ketones is 1. The molecule has 22 heavy (non-hydrogen) atoms. The molecule has 0 heterocycles. The largest absolute Gasteiger partial charge is 0.325 e. The van der Waals surface area contributed by atoms with E-state index in [4.69, 9.17) is 0 Å². The molecule has 0 saturated carbocycles. The van der Waals surface area contributed by atoms with Crippen LogP contribution in [0, 0.1) is 5.92 Å². The summed E-state index contributed by atoms with van der Waals surface area (Å²) < 4.78 is 0. The van der Waals surface area contributed by atoms with Crippen molar-refractivity contribution in [3.05, 3.63) is 78.9 Å². The molecule has 0 aliphatic heterocycles. The third-order valence-corrected chi connectivity index (χ3v) is 3.52. The number of nitrogens with one attached hydrogen (secondary N) is 1. The molecule has 112 valence electrons. The second-order valence-electron chi connectivity index (χ2n) is 5.13. The van der Waals surface area contributed by atoms with E-state index in [1.807, 2.05) is 36.4 Å². The number of para-hydroxylation sites is 1. The van der Waals surface area contributed by atoms with Gasteiger partial charge in [0, 0.05) is 11.6 Å². The fourth-order valence-electron chi connectivity index (χ4n) is 2.21. The molecule has 2 unspecified atom stereocenters. The van der Waals surface area contributed by atoms with Crippen LogP contribution in [-0.4, -0.2) is 11.7 Å². The Hall–Kier alpha value is -2.68. The molecular weight excluding hydrogens is 274 g/mol. The van der Waals surface area contributed by atoms with Gasteiger partial charge in [0.25, 0.3) is 0 Å². The number of amides is 1. The van der Waals surface area contributed by atoms with E-state index in [9.17, 15) is 9.59 Å². The first-order valence-corrected chi connectivity index (χ1v) is 7.20. The van der Waals surface area contributed by atoms with Gasteiger partial charge in [-0.3, -0.25) is 9.59 Å². The second-order valence-corrected chi connectivity index (χ2v) is 5.13. The highest BCUT2D eigenvalue weighted by atomic mass is 16.2. The summed E-state index contributed by atoms with van der Waals surface area (Å²) in [4.78, 5) is 25.2. The van der Waals surface area contributed by atoms with Crippen LogP contribution >= 0.6 is 0 Å². The first kappa shape index (κ1) is 15.7. The maximum Gasteiger partial charge on any atom is 0.239 e. The van der Waals surface area contributed by atoms with Crippen LogP contribution in [0.4, 0.5) is 5.69 Å². The Balaban J connectivity index is 2.30. The normalized spacial score (nSPS) is 13.0. The predicted molar refractivity (Wildman–Crippen MR) is 88.6 cm³/mol. The SMILES string of the molecule is C=CC(C)C(=O)C(C(=O)Nc1ccccc1)c1ccccc1. The van der Waals surface area contributed by atoms with Crippen LogP contribution < -0.4 is 5.32 Å². The smallest absolute Gasteiger partial charge is 0.239 e. The van der Waals surface area contributed by atoms with Crippen molar-refractivity contribution in [3.63, 3.8) is 0 Å². The molecule has 2 atom stereocenters. The molecule has 0 spiro atoms. The van der Waals surface area contributed by atoms with Crippen molar-refractivity contribution in [2.75, 3.05) is 5.32 Å². The average Bonchev–Trinajstić information content (AvgIpc) is 2.56. The molecule has 0 aromatic heterocycles. The van der Waals surface area contributed by atoms with Gasteiger partial charge in [-0.25, -0.2) is 0 Å². The summed E-state index contributed by atoms with van der Waals surface area (Å²) in [5, 5.41) is 2.81. The quantitative estimate of drug-likeness (QED) is 0.650. The highest BCUT2D eigenvalue weighted by molar-refractivity contribution is 6.12. The maximum atomic E-state index is 12.6. The van der Waals surface area contributed by atoms with Crippen LogP contribution in [0.25, 0.3) is 0 Å². The van der Waals surface area contributed by atoms with Crippen molar-refractivity contribution < 1.29 is 9.59 Å². The summed E-state index contributed by atoms with van der Waals surface area (Å²) in [7, 11) is 0. The fraction of sp³-hybridized carbons (Fsp3) is 0.158. The lowest BCUT2D eigenvalue weighted by Crippen LogP contribution is -2.30. The standard InChI is InChI=1S/C19H19NO2/c1-3-14(2)18(21)17(15-10-6-4-7-11-15)19(22)20-16-12-8-5-9-13-16/h3-14,17H,1H2,2H3,(H,20,22). The fourth-order valence-corrected chi connectivity index (χ4v) is 2.21. The van der Waals surface area contributed by atoms with Crippen molar-refractivity contribution in [1.29, 1.82) is 0 Å². The van der Waals surface area contributed by atoms with Crippen LogP contribution in [0.5, 0.6) is 0 Å². The zero-order valence-corrected chi connectivity index (χ0v) is 12.5. The van der Waals surface area contributed by atoms with Gasteiger partial charge in [0.2, 0.25) is 5.91 Å². The number of anilines is 1. The van der Waals surface area contributed by atoms with Gasteiger partial charge >= 0.3 is 0 Å². The molecular formula is C19H19NO2. The van der Waals surface area contributed by atoms with E-state index >= 15 is 0 Å².